The highest BCUT2D eigenvalue weighted by atomic mass is 16.3. The molecule has 0 aliphatic heterocycles. The average Bonchev–Trinajstić information content (AvgIpc) is 4.07. The van der Waals surface area contributed by atoms with E-state index in [0.717, 1.165) is 132 Å². The van der Waals surface area contributed by atoms with Crippen molar-refractivity contribution in [1.29, 1.82) is 0 Å². The van der Waals surface area contributed by atoms with Gasteiger partial charge in [-0.1, -0.05) is 164 Å². The number of benzene rings is 13. The summed E-state index contributed by atoms with van der Waals surface area (Å²) < 4.78 is 0. The second-order valence-electron chi connectivity index (χ2n) is 22.0. The Morgan fingerprint density at radius 2 is 0.420 bits per heavy atom. The van der Waals surface area contributed by atoms with Crippen molar-refractivity contribution in [2.24, 2.45) is 0 Å². The first-order valence-corrected chi connectivity index (χ1v) is 27.2. The zero-order valence-corrected chi connectivity index (χ0v) is 43.4. The lowest BCUT2D eigenvalue weighted by atomic mass is 9.60. The highest BCUT2D eigenvalue weighted by molar-refractivity contribution is 6.10. The molecule has 0 aromatic heterocycles. The van der Waals surface area contributed by atoms with E-state index in [1.165, 1.54) is 0 Å². The summed E-state index contributed by atoms with van der Waals surface area (Å²) in [5, 5.41) is 72.0. The SMILES string of the molecule is Oc1ccc(C2(c3ccc4cc(O)ccc4c3)c3ccccc3-c3c2c2c(c4c3C(c3ccc(O)cc3)(c3ccc5cc(O)ccc5c3)c3ccccc3-4)C(c3ccc(O)cc3)(c3ccc4cc(O)ccc4c3)c3ccccc3-2)cc1. The van der Waals surface area contributed by atoms with Gasteiger partial charge >= 0.3 is 0 Å². The molecule has 6 N–H and O–H groups in total. The normalized spacial score (nSPS) is 18.1. The topological polar surface area (TPSA) is 121 Å². The average molecular weight is 1050 g/mol. The Bertz CT molecular complexity index is 4320. The minimum Gasteiger partial charge on any atom is -0.508 e. The fraction of sp³-hybridized carbons (Fsp3) is 0.0400. The third-order valence-corrected chi connectivity index (χ3v) is 18.1. The first-order valence-electron chi connectivity index (χ1n) is 27.2. The molecule has 81 heavy (non-hydrogen) atoms. The summed E-state index contributed by atoms with van der Waals surface area (Å²) in [6, 6.07) is 85.7. The molecule has 0 spiro atoms. The lowest BCUT2D eigenvalue weighted by Crippen LogP contribution is -2.33. The van der Waals surface area contributed by atoms with Crippen molar-refractivity contribution in [2.45, 2.75) is 16.2 Å². The third-order valence-electron chi connectivity index (χ3n) is 18.1. The number of phenolic OH excluding ortho intramolecular Hbond substituents is 6. The summed E-state index contributed by atoms with van der Waals surface area (Å²) >= 11 is 0. The lowest BCUT2D eigenvalue weighted by Gasteiger charge is -2.40. The highest BCUT2D eigenvalue weighted by Gasteiger charge is 2.61. The summed E-state index contributed by atoms with van der Waals surface area (Å²) in [4.78, 5) is 0. The maximum atomic E-state index is 11.3. The van der Waals surface area contributed by atoms with Crippen molar-refractivity contribution >= 4 is 32.3 Å². The molecule has 3 atom stereocenters. The summed E-state index contributed by atoms with van der Waals surface area (Å²) in [5.74, 6) is 0.953. The van der Waals surface area contributed by atoms with Gasteiger partial charge in [-0.15, -0.1) is 0 Å². The van der Waals surface area contributed by atoms with Gasteiger partial charge in [0.05, 0.1) is 16.2 Å². The quantitative estimate of drug-likeness (QED) is 0.0987. The van der Waals surface area contributed by atoms with Gasteiger partial charge in [-0.05, 0) is 223 Å². The predicted molar refractivity (Wildman–Crippen MR) is 321 cm³/mol. The van der Waals surface area contributed by atoms with Crippen LogP contribution in [-0.2, 0) is 16.2 Å². The molecule has 0 bridgehead atoms. The standard InChI is InChI=1S/C75H48O6/c76-55-31-22-49(23-32-55)73(52-19-13-46-40-58(79)28-16-43(46)37-52)64-10-4-1-7-61(64)67-70(73)68-63-9-3-6-12-66(63)75(51-26-35-57(78)36-27-51,54-21-15-48-42-60(81)30-18-45(48)39-54)72(68)69-62-8-2-5-11-65(62)74(71(67)69,50-24-33-56(77)34-25-50)53-20-14-47-41-59(80)29-17-44(47)38-53/h1-42,76-81H. The van der Waals surface area contributed by atoms with Crippen LogP contribution in [0, 0.1) is 0 Å². The molecule has 0 saturated heterocycles. The summed E-state index contributed by atoms with van der Waals surface area (Å²) in [6.45, 7) is 0. The van der Waals surface area contributed by atoms with Gasteiger partial charge in [0.2, 0.25) is 0 Å². The Morgan fingerprint density at radius 1 is 0.198 bits per heavy atom. The van der Waals surface area contributed by atoms with Crippen LogP contribution in [0.5, 0.6) is 34.5 Å². The van der Waals surface area contributed by atoms with Crippen LogP contribution in [0.2, 0.25) is 0 Å². The van der Waals surface area contributed by atoms with Crippen LogP contribution < -0.4 is 0 Å². The largest absolute Gasteiger partial charge is 0.508 e. The van der Waals surface area contributed by atoms with Gasteiger partial charge in [-0.3, -0.25) is 0 Å². The van der Waals surface area contributed by atoms with Crippen molar-refractivity contribution in [3.8, 4) is 67.9 Å². The molecule has 0 amide bonds. The van der Waals surface area contributed by atoms with E-state index in [-0.39, 0.29) is 34.5 Å². The third kappa shape index (κ3) is 6.16. The van der Waals surface area contributed by atoms with Crippen molar-refractivity contribution in [2.75, 3.05) is 0 Å². The van der Waals surface area contributed by atoms with Crippen LogP contribution in [0.4, 0.5) is 0 Å². The Hall–Kier alpha value is -10.6. The molecular formula is C75H48O6. The lowest BCUT2D eigenvalue weighted by molar-refractivity contribution is 0.474. The molecule has 6 heteroatoms. The second-order valence-corrected chi connectivity index (χ2v) is 22.0. The van der Waals surface area contributed by atoms with Crippen LogP contribution in [0.1, 0.15) is 66.8 Å². The van der Waals surface area contributed by atoms with E-state index >= 15 is 0 Å². The number of fused-ring (bicyclic) bond motifs is 15. The second kappa shape index (κ2) is 16.7. The molecule has 3 unspecified atom stereocenters. The minimum atomic E-state index is -1.10. The van der Waals surface area contributed by atoms with Crippen LogP contribution in [-0.4, -0.2) is 30.6 Å². The van der Waals surface area contributed by atoms with E-state index in [1.807, 2.05) is 18.2 Å². The number of aromatic hydroxyl groups is 6. The van der Waals surface area contributed by atoms with Gasteiger partial charge in [0.25, 0.3) is 0 Å². The van der Waals surface area contributed by atoms with Gasteiger partial charge in [0, 0.05) is 0 Å². The molecule has 0 radical (unpaired) electrons. The van der Waals surface area contributed by atoms with Gasteiger partial charge in [-0.25, -0.2) is 0 Å². The van der Waals surface area contributed by atoms with E-state index in [9.17, 15) is 30.6 Å². The number of rotatable bonds is 6. The zero-order chi connectivity index (χ0) is 54.5. The van der Waals surface area contributed by atoms with Crippen molar-refractivity contribution < 1.29 is 30.6 Å². The molecule has 3 aliphatic carbocycles. The van der Waals surface area contributed by atoms with Crippen molar-refractivity contribution in [3.63, 3.8) is 0 Å². The summed E-state index contributed by atoms with van der Waals surface area (Å²) in [7, 11) is 0. The first kappa shape index (κ1) is 46.5. The molecule has 384 valence electrons. The molecule has 13 aromatic carbocycles. The van der Waals surface area contributed by atoms with E-state index in [1.54, 1.807) is 72.8 Å². The fourth-order valence-corrected chi connectivity index (χ4v) is 15.0. The highest BCUT2D eigenvalue weighted by Crippen LogP contribution is 2.73. The van der Waals surface area contributed by atoms with Crippen molar-refractivity contribution in [1.82, 2.24) is 0 Å². The van der Waals surface area contributed by atoms with Gasteiger partial charge in [0.15, 0.2) is 0 Å². The minimum absolute atomic E-state index is 0.140. The predicted octanol–water partition coefficient (Wildman–Crippen LogP) is 16.5. The Balaban J connectivity index is 1.21. The molecule has 0 saturated carbocycles. The van der Waals surface area contributed by atoms with Gasteiger partial charge in [-0.2, -0.15) is 0 Å². The monoisotopic (exact) mass is 1040 g/mol. The molecule has 0 fully saturated rings. The molecule has 3 aliphatic rings. The Morgan fingerprint density at radius 3 is 0.704 bits per heavy atom. The maximum Gasteiger partial charge on any atom is 0.116 e. The Kier molecular flexibility index (Phi) is 9.61. The maximum absolute atomic E-state index is 11.3. The molecule has 16 rings (SSSR count). The first-order chi connectivity index (χ1) is 39.6. The number of hydrogen-bond donors (Lipinski definition) is 6. The number of hydrogen-bond acceptors (Lipinski definition) is 6. The van der Waals surface area contributed by atoms with E-state index in [4.69, 9.17) is 0 Å². The number of phenols is 6. The van der Waals surface area contributed by atoms with Crippen LogP contribution in [0.15, 0.2) is 255 Å². The summed E-state index contributed by atoms with van der Waals surface area (Å²) in [6.07, 6.45) is 0. The zero-order valence-electron chi connectivity index (χ0n) is 43.4. The molecule has 13 aromatic rings. The van der Waals surface area contributed by atoms with Crippen LogP contribution >= 0.6 is 0 Å². The fourth-order valence-electron chi connectivity index (χ4n) is 15.0. The molecule has 6 nitrogen and oxygen atoms in total. The van der Waals surface area contributed by atoms with Crippen LogP contribution in [0.25, 0.3) is 65.7 Å². The van der Waals surface area contributed by atoms with E-state index in [0.29, 0.717) is 0 Å². The van der Waals surface area contributed by atoms with Gasteiger partial charge in [0.1, 0.15) is 34.5 Å². The van der Waals surface area contributed by atoms with E-state index < -0.39 is 16.2 Å². The van der Waals surface area contributed by atoms with Gasteiger partial charge < -0.3 is 30.6 Å². The van der Waals surface area contributed by atoms with E-state index in [2.05, 4.69) is 164 Å². The smallest absolute Gasteiger partial charge is 0.116 e. The van der Waals surface area contributed by atoms with Crippen molar-refractivity contribution in [3.05, 3.63) is 322 Å². The Labute approximate surface area is 466 Å². The summed E-state index contributed by atoms with van der Waals surface area (Å²) in [5.41, 5.74) is 15.1. The molecule has 0 heterocycles. The van der Waals surface area contributed by atoms with Crippen LogP contribution in [0.3, 0.4) is 0 Å². The molecular weight excluding hydrogens is 997 g/mol.